The third kappa shape index (κ3) is 4.13. The highest BCUT2D eigenvalue weighted by atomic mass is 19.1. The van der Waals surface area contributed by atoms with Gasteiger partial charge in [0.25, 0.3) is 0 Å². The number of para-hydroxylation sites is 1. The Morgan fingerprint density at radius 3 is 2.47 bits per heavy atom. The molecule has 1 aliphatic heterocycles. The Morgan fingerprint density at radius 1 is 0.941 bits per heavy atom. The van der Waals surface area contributed by atoms with Gasteiger partial charge >= 0.3 is 0 Å². The summed E-state index contributed by atoms with van der Waals surface area (Å²) < 4.78 is 25.9. The number of nitrogens with one attached hydrogen (secondary N) is 1. The van der Waals surface area contributed by atoms with Crippen LogP contribution >= 0.6 is 0 Å². The van der Waals surface area contributed by atoms with E-state index in [9.17, 15) is 18.8 Å². The van der Waals surface area contributed by atoms with E-state index in [2.05, 4.69) is 5.32 Å². The second kappa shape index (κ2) is 8.82. The predicted octanol–water partition coefficient (Wildman–Crippen LogP) is 3.78. The number of amides is 1. The topological polar surface area (TPSA) is 86.6 Å². The van der Waals surface area contributed by atoms with Gasteiger partial charge in [0.2, 0.25) is 11.3 Å². The van der Waals surface area contributed by atoms with E-state index in [4.69, 9.17) is 9.47 Å². The van der Waals surface area contributed by atoms with E-state index in [1.807, 2.05) is 0 Å². The molecule has 170 valence electrons. The van der Waals surface area contributed by atoms with Crippen LogP contribution in [0.4, 0.5) is 10.1 Å². The van der Waals surface area contributed by atoms with Crippen molar-refractivity contribution in [3.63, 3.8) is 0 Å². The summed E-state index contributed by atoms with van der Waals surface area (Å²) in [4.78, 5) is 38.9. The first-order valence-corrected chi connectivity index (χ1v) is 10.6. The van der Waals surface area contributed by atoms with Gasteiger partial charge in [-0.2, -0.15) is 0 Å². The highest BCUT2D eigenvalue weighted by Gasteiger charge is 2.19. The van der Waals surface area contributed by atoms with E-state index in [1.165, 1.54) is 18.3 Å². The van der Waals surface area contributed by atoms with Crippen LogP contribution in [0.3, 0.4) is 0 Å². The smallest absolute Gasteiger partial charge is 0.244 e. The van der Waals surface area contributed by atoms with Gasteiger partial charge in [-0.3, -0.25) is 14.4 Å². The molecule has 0 bridgehead atoms. The number of rotatable bonds is 5. The number of nitrogens with zero attached hydrogens (tertiary/aromatic N) is 1. The summed E-state index contributed by atoms with van der Waals surface area (Å²) >= 11 is 0. The van der Waals surface area contributed by atoms with Crippen LogP contribution in [0.2, 0.25) is 0 Å². The molecule has 0 fully saturated rings. The first kappa shape index (κ1) is 21.4. The number of hydrogen-bond acceptors (Lipinski definition) is 5. The fourth-order valence-corrected chi connectivity index (χ4v) is 3.87. The molecule has 0 radical (unpaired) electrons. The number of ketones is 1. The number of benzene rings is 3. The lowest BCUT2D eigenvalue weighted by Crippen LogP contribution is -2.24. The molecule has 4 aromatic rings. The van der Waals surface area contributed by atoms with Gasteiger partial charge in [-0.25, -0.2) is 4.39 Å². The monoisotopic (exact) mass is 458 g/mol. The molecule has 1 N–H and O–H groups in total. The van der Waals surface area contributed by atoms with Gasteiger partial charge in [-0.1, -0.05) is 12.1 Å². The molecule has 5 rings (SSSR count). The van der Waals surface area contributed by atoms with Crippen molar-refractivity contribution in [3.8, 4) is 11.5 Å². The van der Waals surface area contributed by atoms with Crippen molar-refractivity contribution in [2.24, 2.45) is 0 Å². The second-order valence-electron chi connectivity index (χ2n) is 7.76. The normalized spacial score (nSPS) is 12.4. The fourth-order valence-electron chi connectivity index (χ4n) is 3.87. The predicted molar refractivity (Wildman–Crippen MR) is 124 cm³/mol. The molecule has 1 aliphatic rings. The van der Waals surface area contributed by atoms with Gasteiger partial charge in [0.05, 0.1) is 11.1 Å². The van der Waals surface area contributed by atoms with E-state index < -0.39 is 17.0 Å². The van der Waals surface area contributed by atoms with Crippen molar-refractivity contribution in [2.75, 3.05) is 18.5 Å². The van der Waals surface area contributed by atoms with Crippen molar-refractivity contribution in [1.82, 2.24) is 4.57 Å². The van der Waals surface area contributed by atoms with Gasteiger partial charge in [0.1, 0.15) is 25.6 Å². The number of halogens is 1. The number of fused-ring (bicyclic) bond motifs is 2. The van der Waals surface area contributed by atoms with Crippen LogP contribution in [0.15, 0.2) is 77.7 Å². The summed E-state index contributed by atoms with van der Waals surface area (Å²) in [7, 11) is 0. The van der Waals surface area contributed by atoms with E-state index in [1.54, 1.807) is 47.0 Å². The van der Waals surface area contributed by atoms with Gasteiger partial charge < -0.3 is 19.4 Å². The number of hydrogen-bond donors (Lipinski definition) is 1. The van der Waals surface area contributed by atoms with E-state index in [0.717, 1.165) is 12.1 Å². The number of carbonyl (C=O) groups is 2. The Labute approximate surface area is 193 Å². The summed E-state index contributed by atoms with van der Waals surface area (Å²) in [5, 5.41) is 3.11. The van der Waals surface area contributed by atoms with Crippen LogP contribution in [-0.4, -0.2) is 29.5 Å². The third-order valence-electron chi connectivity index (χ3n) is 5.48. The molecule has 1 amide bonds. The lowest BCUT2D eigenvalue weighted by Gasteiger charge is -2.19. The summed E-state index contributed by atoms with van der Waals surface area (Å²) in [6.07, 6.45) is 1.37. The number of pyridine rings is 1. The number of anilines is 1. The van der Waals surface area contributed by atoms with Crippen molar-refractivity contribution in [2.45, 2.75) is 6.54 Å². The lowest BCUT2D eigenvalue weighted by atomic mass is 10.0. The lowest BCUT2D eigenvalue weighted by molar-refractivity contribution is -0.116. The van der Waals surface area contributed by atoms with E-state index >= 15 is 0 Å². The summed E-state index contributed by atoms with van der Waals surface area (Å²) in [6.45, 7) is 0.759. The molecule has 3 aromatic carbocycles. The quantitative estimate of drug-likeness (QED) is 0.460. The number of aromatic nitrogens is 1. The Kier molecular flexibility index (Phi) is 5.55. The molecule has 0 unspecified atom stereocenters. The molecular formula is C26H19FN2O5. The molecule has 34 heavy (non-hydrogen) atoms. The standard InChI is InChI=1S/C26H19FN2O5/c27-17-7-5-16(6-8-17)25(31)20-14-29(21-4-2-1-3-19(21)26(20)32)15-24(30)28-18-9-10-22-23(13-18)34-12-11-33-22/h1-10,13-14H,11-12,15H2,(H,28,30). The van der Waals surface area contributed by atoms with Crippen molar-refractivity contribution in [3.05, 3.63) is 100 Å². The summed E-state index contributed by atoms with van der Waals surface area (Å²) in [5.74, 6) is -0.227. The van der Waals surface area contributed by atoms with Gasteiger partial charge in [0, 0.05) is 28.9 Å². The maximum atomic E-state index is 13.3. The Balaban J connectivity index is 1.47. The first-order valence-electron chi connectivity index (χ1n) is 10.6. The molecule has 0 spiro atoms. The molecule has 8 heteroatoms. The van der Waals surface area contributed by atoms with Crippen molar-refractivity contribution in [1.29, 1.82) is 0 Å². The van der Waals surface area contributed by atoms with Crippen LogP contribution in [0.1, 0.15) is 15.9 Å². The van der Waals surface area contributed by atoms with E-state index in [0.29, 0.717) is 41.3 Å². The average Bonchev–Trinajstić information content (AvgIpc) is 2.86. The second-order valence-corrected chi connectivity index (χ2v) is 7.76. The maximum Gasteiger partial charge on any atom is 0.244 e. The Hall–Kier alpha value is -4.46. The van der Waals surface area contributed by atoms with E-state index in [-0.39, 0.29) is 23.6 Å². The fraction of sp³-hybridized carbons (Fsp3) is 0.115. The summed E-state index contributed by atoms with van der Waals surface area (Å²) in [6, 6.07) is 16.8. The minimum atomic E-state index is -0.545. The van der Waals surface area contributed by atoms with Crippen molar-refractivity contribution < 1.29 is 23.5 Å². The molecule has 0 saturated carbocycles. The summed E-state index contributed by atoms with van der Waals surface area (Å²) in [5.41, 5.74) is 0.676. The average molecular weight is 458 g/mol. The van der Waals surface area contributed by atoms with Crippen LogP contribution in [-0.2, 0) is 11.3 Å². The van der Waals surface area contributed by atoms with Gasteiger partial charge in [0.15, 0.2) is 17.3 Å². The largest absolute Gasteiger partial charge is 0.486 e. The van der Waals surface area contributed by atoms with Gasteiger partial charge in [-0.15, -0.1) is 0 Å². The first-order chi connectivity index (χ1) is 16.5. The minimum Gasteiger partial charge on any atom is -0.486 e. The van der Waals surface area contributed by atoms with Crippen LogP contribution in [0.5, 0.6) is 11.5 Å². The zero-order valence-electron chi connectivity index (χ0n) is 17.9. The SMILES string of the molecule is O=C(Cn1cc(C(=O)c2ccc(F)cc2)c(=O)c2ccccc21)Nc1ccc2c(c1)OCCO2. The Bertz CT molecular complexity index is 1480. The zero-order chi connectivity index (χ0) is 23.7. The molecule has 2 heterocycles. The highest BCUT2D eigenvalue weighted by molar-refractivity contribution is 6.10. The minimum absolute atomic E-state index is 0.0996. The van der Waals surface area contributed by atoms with Crippen molar-refractivity contribution >= 4 is 28.3 Å². The van der Waals surface area contributed by atoms with Crippen LogP contribution < -0.4 is 20.2 Å². The highest BCUT2D eigenvalue weighted by Crippen LogP contribution is 2.32. The molecule has 0 aliphatic carbocycles. The molecule has 1 aromatic heterocycles. The zero-order valence-corrected chi connectivity index (χ0v) is 17.9. The maximum absolute atomic E-state index is 13.3. The molecule has 7 nitrogen and oxygen atoms in total. The molecular weight excluding hydrogens is 439 g/mol. The third-order valence-corrected chi connectivity index (χ3v) is 5.48. The van der Waals surface area contributed by atoms with Gasteiger partial charge in [-0.05, 0) is 48.5 Å². The van der Waals surface area contributed by atoms with Crippen LogP contribution in [0.25, 0.3) is 10.9 Å². The molecule has 0 atom stereocenters. The van der Waals surface area contributed by atoms with Crippen LogP contribution in [0, 0.1) is 5.82 Å². The Morgan fingerprint density at radius 2 is 1.68 bits per heavy atom. The number of ether oxygens (including phenoxy) is 2. The number of carbonyl (C=O) groups excluding carboxylic acids is 2. The molecule has 0 saturated heterocycles.